The van der Waals surface area contributed by atoms with Gasteiger partial charge in [-0.25, -0.2) is 0 Å². The first-order valence-corrected chi connectivity index (χ1v) is 8.39. The van der Waals surface area contributed by atoms with Gasteiger partial charge in [0, 0.05) is 6.54 Å². The number of ether oxygens (including phenoxy) is 2. The molecule has 1 aromatic rings. The van der Waals surface area contributed by atoms with Crippen molar-refractivity contribution >= 4 is 40.3 Å². The van der Waals surface area contributed by atoms with Gasteiger partial charge in [0.2, 0.25) is 0 Å². The summed E-state index contributed by atoms with van der Waals surface area (Å²) in [7, 11) is 1.61. The number of amides is 1. The molecule has 0 aliphatic carbocycles. The second kappa shape index (κ2) is 7.65. The van der Waals surface area contributed by atoms with Crippen LogP contribution in [0.25, 0.3) is 6.08 Å². The molecule has 6 heteroatoms. The Labute approximate surface area is 140 Å². The van der Waals surface area contributed by atoms with Crippen molar-refractivity contribution in [3.63, 3.8) is 0 Å². The first kappa shape index (κ1) is 16.8. The van der Waals surface area contributed by atoms with E-state index in [4.69, 9.17) is 21.7 Å². The summed E-state index contributed by atoms with van der Waals surface area (Å²) in [5.74, 6) is 1.33. The van der Waals surface area contributed by atoms with E-state index in [1.165, 1.54) is 11.8 Å². The Bertz CT molecular complexity index is 613. The summed E-state index contributed by atoms with van der Waals surface area (Å²) in [5.41, 5.74) is 0.886. The number of nitrogens with zero attached hydrogens (tertiary/aromatic N) is 1. The molecule has 0 bridgehead atoms. The molecule has 118 valence electrons. The molecule has 1 aromatic carbocycles. The Morgan fingerprint density at radius 3 is 2.68 bits per heavy atom. The summed E-state index contributed by atoms with van der Waals surface area (Å²) in [6.45, 7) is 5.20. The monoisotopic (exact) mass is 337 g/mol. The average molecular weight is 337 g/mol. The molecule has 1 amide bonds. The molecule has 0 spiro atoms. The van der Waals surface area contributed by atoms with Crippen LogP contribution in [0.4, 0.5) is 0 Å². The van der Waals surface area contributed by atoms with Gasteiger partial charge in [-0.2, -0.15) is 0 Å². The van der Waals surface area contributed by atoms with Crippen molar-refractivity contribution in [1.29, 1.82) is 0 Å². The van der Waals surface area contributed by atoms with Crippen LogP contribution in [0.15, 0.2) is 23.1 Å². The molecule has 1 aliphatic rings. The first-order chi connectivity index (χ1) is 10.6. The lowest BCUT2D eigenvalue weighted by Crippen LogP contribution is -2.27. The molecule has 2 rings (SSSR count). The van der Waals surface area contributed by atoms with Gasteiger partial charge in [0.1, 0.15) is 4.32 Å². The van der Waals surface area contributed by atoms with E-state index in [2.05, 4.69) is 6.92 Å². The summed E-state index contributed by atoms with van der Waals surface area (Å²) in [4.78, 5) is 14.4. The molecule has 0 atom stereocenters. The van der Waals surface area contributed by atoms with Crippen LogP contribution in [0.1, 0.15) is 25.8 Å². The van der Waals surface area contributed by atoms with Crippen molar-refractivity contribution in [3.8, 4) is 11.5 Å². The van der Waals surface area contributed by atoms with Crippen molar-refractivity contribution in [3.05, 3.63) is 28.7 Å². The molecule has 0 aromatic heterocycles. The van der Waals surface area contributed by atoms with E-state index in [1.54, 1.807) is 12.0 Å². The quantitative estimate of drug-likeness (QED) is 0.584. The van der Waals surface area contributed by atoms with Gasteiger partial charge in [-0.1, -0.05) is 37.0 Å². The smallest absolute Gasteiger partial charge is 0.266 e. The second-order valence-corrected chi connectivity index (χ2v) is 6.36. The van der Waals surface area contributed by atoms with Gasteiger partial charge in [0.25, 0.3) is 5.91 Å². The summed E-state index contributed by atoms with van der Waals surface area (Å²) >= 11 is 6.54. The van der Waals surface area contributed by atoms with Gasteiger partial charge < -0.3 is 9.47 Å². The number of benzene rings is 1. The largest absolute Gasteiger partial charge is 0.493 e. The highest BCUT2D eigenvalue weighted by Gasteiger charge is 2.30. The fourth-order valence-corrected chi connectivity index (χ4v) is 3.41. The summed E-state index contributed by atoms with van der Waals surface area (Å²) < 4.78 is 11.6. The Morgan fingerprint density at radius 1 is 1.32 bits per heavy atom. The summed E-state index contributed by atoms with van der Waals surface area (Å²) in [6.07, 6.45) is 2.77. The number of carbonyl (C=O) groups excluding carboxylic acids is 1. The fraction of sp³-hybridized carbons (Fsp3) is 0.375. The number of thiocarbonyl (C=S) groups is 1. The van der Waals surface area contributed by atoms with E-state index in [0.717, 1.165) is 12.0 Å². The van der Waals surface area contributed by atoms with Crippen molar-refractivity contribution in [1.82, 2.24) is 4.90 Å². The van der Waals surface area contributed by atoms with E-state index < -0.39 is 0 Å². The van der Waals surface area contributed by atoms with E-state index in [1.807, 2.05) is 31.2 Å². The molecular formula is C16H19NO3S2. The molecule has 0 N–H and O–H groups in total. The Balaban J connectivity index is 2.25. The zero-order chi connectivity index (χ0) is 16.1. The summed E-state index contributed by atoms with van der Waals surface area (Å²) in [5, 5.41) is 0. The molecule has 4 nitrogen and oxygen atoms in total. The van der Waals surface area contributed by atoms with Crippen LogP contribution in [0.3, 0.4) is 0 Å². The Hall–Kier alpha value is -1.53. The maximum absolute atomic E-state index is 12.2. The minimum Gasteiger partial charge on any atom is -0.493 e. The Kier molecular flexibility index (Phi) is 5.85. The minimum atomic E-state index is -0.0391. The highest BCUT2D eigenvalue weighted by Crippen LogP contribution is 2.34. The average Bonchev–Trinajstić information content (AvgIpc) is 2.79. The molecule has 1 saturated heterocycles. The van der Waals surface area contributed by atoms with Crippen LogP contribution < -0.4 is 9.47 Å². The van der Waals surface area contributed by atoms with Crippen molar-refractivity contribution in [2.45, 2.75) is 20.3 Å². The standard InChI is InChI=1S/C16H19NO3S2/c1-4-8-20-12-7-6-11(9-13(12)19-3)10-14-15(18)17(5-2)16(21)22-14/h6-7,9-10H,4-5,8H2,1-3H3. The van der Waals surface area contributed by atoms with Gasteiger partial charge >= 0.3 is 0 Å². The lowest BCUT2D eigenvalue weighted by atomic mass is 10.2. The van der Waals surface area contributed by atoms with Crippen LogP contribution in [0.2, 0.25) is 0 Å². The lowest BCUT2D eigenvalue weighted by molar-refractivity contribution is -0.121. The SMILES string of the molecule is CCCOc1ccc(C=C2SC(=S)N(CC)C2=O)cc1OC. The van der Waals surface area contributed by atoms with Crippen LogP contribution in [-0.4, -0.2) is 35.4 Å². The lowest BCUT2D eigenvalue weighted by Gasteiger charge is -2.11. The molecule has 1 heterocycles. The van der Waals surface area contributed by atoms with E-state index in [9.17, 15) is 4.79 Å². The molecular weight excluding hydrogens is 318 g/mol. The predicted molar refractivity (Wildman–Crippen MR) is 94.3 cm³/mol. The van der Waals surface area contributed by atoms with Crippen molar-refractivity contribution in [2.24, 2.45) is 0 Å². The first-order valence-electron chi connectivity index (χ1n) is 7.16. The van der Waals surface area contributed by atoms with Gasteiger partial charge in [-0.05, 0) is 37.1 Å². The third kappa shape index (κ3) is 3.62. The summed E-state index contributed by atoms with van der Waals surface area (Å²) in [6, 6.07) is 5.64. The zero-order valence-electron chi connectivity index (χ0n) is 12.9. The Morgan fingerprint density at radius 2 is 2.09 bits per heavy atom. The number of rotatable bonds is 6. The van der Waals surface area contributed by atoms with Crippen LogP contribution in [0, 0.1) is 0 Å². The number of hydrogen-bond donors (Lipinski definition) is 0. The number of likely N-dealkylation sites (N-methyl/N-ethyl adjacent to an activating group) is 1. The molecule has 0 radical (unpaired) electrons. The minimum absolute atomic E-state index is 0.0391. The number of hydrogen-bond acceptors (Lipinski definition) is 5. The molecule has 1 fully saturated rings. The highest BCUT2D eigenvalue weighted by atomic mass is 32.2. The van der Waals surface area contributed by atoms with Gasteiger partial charge in [-0.15, -0.1) is 0 Å². The predicted octanol–water partition coefficient (Wildman–Crippen LogP) is 3.71. The topological polar surface area (TPSA) is 38.8 Å². The third-order valence-electron chi connectivity index (χ3n) is 3.14. The van der Waals surface area contributed by atoms with Gasteiger partial charge in [0.05, 0.1) is 18.6 Å². The van der Waals surface area contributed by atoms with E-state index >= 15 is 0 Å². The van der Waals surface area contributed by atoms with Crippen LogP contribution in [-0.2, 0) is 4.79 Å². The van der Waals surface area contributed by atoms with Crippen molar-refractivity contribution < 1.29 is 14.3 Å². The zero-order valence-corrected chi connectivity index (χ0v) is 14.6. The fourth-order valence-electron chi connectivity index (χ4n) is 2.03. The molecule has 22 heavy (non-hydrogen) atoms. The molecule has 1 aliphatic heterocycles. The number of carbonyl (C=O) groups is 1. The normalized spacial score (nSPS) is 16.5. The van der Waals surface area contributed by atoms with E-state index in [0.29, 0.717) is 33.9 Å². The van der Waals surface area contributed by atoms with Gasteiger partial charge in [0.15, 0.2) is 11.5 Å². The van der Waals surface area contributed by atoms with Crippen LogP contribution in [0.5, 0.6) is 11.5 Å². The number of thioether (sulfide) groups is 1. The highest BCUT2D eigenvalue weighted by molar-refractivity contribution is 8.26. The molecule has 0 unspecified atom stereocenters. The van der Waals surface area contributed by atoms with Crippen molar-refractivity contribution in [2.75, 3.05) is 20.3 Å². The van der Waals surface area contributed by atoms with Gasteiger partial charge in [-0.3, -0.25) is 9.69 Å². The molecule has 0 saturated carbocycles. The van der Waals surface area contributed by atoms with E-state index in [-0.39, 0.29) is 5.91 Å². The maximum atomic E-state index is 12.2. The third-order valence-corrected chi connectivity index (χ3v) is 4.51. The maximum Gasteiger partial charge on any atom is 0.266 e. The second-order valence-electron chi connectivity index (χ2n) is 4.68. The van der Waals surface area contributed by atoms with Crippen LogP contribution >= 0.6 is 24.0 Å². The number of methoxy groups -OCH3 is 1.